The van der Waals surface area contributed by atoms with Crippen molar-refractivity contribution in [3.05, 3.63) is 70.4 Å². The first-order chi connectivity index (χ1) is 13.2. The van der Waals surface area contributed by atoms with Gasteiger partial charge in [0.25, 0.3) is 0 Å². The topological polar surface area (TPSA) is 57.7 Å². The summed E-state index contributed by atoms with van der Waals surface area (Å²) in [5.41, 5.74) is 3.40. The molecule has 0 aliphatic carbocycles. The maximum absolute atomic E-state index is 12.2. The highest BCUT2D eigenvalue weighted by molar-refractivity contribution is 6.30. The Morgan fingerprint density at radius 2 is 2.07 bits per heavy atom. The molecule has 4 rings (SSSR count). The number of halogens is 1. The Morgan fingerprint density at radius 1 is 1.19 bits per heavy atom. The molecule has 138 valence electrons. The third kappa shape index (κ3) is 4.21. The first kappa shape index (κ1) is 17.8. The monoisotopic (exact) mass is 383 g/mol. The number of para-hydroxylation sites is 1. The molecule has 0 N–H and O–H groups in total. The summed E-state index contributed by atoms with van der Waals surface area (Å²) in [6, 6.07) is 15.4. The van der Waals surface area contributed by atoms with Gasteiger partial charge in [0, 0.05) is 33.7 Å². The summed E-state index contributed by atoms with van der Waals surface area (Å²) in [5, 5.41) is 1.65. The number of carbonyl (C=O) groups excluding carboxylic acids is 1. The van der Waals surface area contributed by atoms with Crippen LogP contribution in [0.1, 0.15) is 23.2 Å². The second kappa shape index (κ2) is 7.94. The van der Waals surface area contributed by atoms with E-state index < -0.39 is 0 Å². The Morgan fingerprint density at radius 3 is 3.00 bits per heavy atom. The van der Waals surface area contributed by atoms with Gasteiger partial charge in [-0.15, -0.1) is 0 Å². The van der Waals surface area contributed by atoms with Crippen LogP contribution < -0.4 is 4.74 Å². The normalized spacial score (nSPS) is 13.1. The molecule has 0 unspecified atom stereocenters. The van der Waals surface area contributed by atoms with Crippen molar-refractivity contribution < 1.29 is 19.0 Å². The summed E-state index contributed by atoms with van der Waals surface area (Å²) in [7, 11) is 0. The molecule has 1 aliphatic rings. The molecule has 6 heteroatoms. The SMILES string of the molecule is O=C(CCc1ccc2ccccc2n1)OCc1cc(Cl)cc2c1OCOC2. The molecule has 5 nitrogen and oxygen atoms in total. The Kier molecular flexibility index (Phi) is 5.23. The van der Waals surface area contributed by atoms with Crippen LogP contribution in [0.15, 0.2) is 48.5 Å². The summed E-state index contributed by atoms with van der Waals surface area (Å²) in [4.78, 5) is 16.7. The molecule has 0 saturated heterocycles. The molecular formula is C21H18ClNO4. The molecule has 1 aromatic heterocycles. The lowest BCUT2D eigenvalue weighted by Crippen LogP contribution is -2.14. The predicted molar refractivity (Wildman–Crippen MR) is 102 cm³/mol. The summed E-state index contributed by atoms with van der Waals surface area (Å²) in [6.07, 6.45) is 0.791. The van der Waals surface area contributed by atoms with E-state index in [0.29, 0.717) is 23.8 Å². The smallest absolute Gasteiger partial charge is 0.306 e. The van der Waals surface area contributed by atoms with Gasteiger partial charge in [-0.25, -0.2) is 0 Å². The quantitative estimate of drug-likeness (QED) is 0.610. The number of hydrogen-bond donors (Lipinski definition) is 0. The number of aromatic nitrogens is 1. The van der Waals surface area contributed by atoms with Gasteiger partial charge in [-0.2, -0.15) is 0 Å². The number of nitrogens with zero attached hydrogens (tertiary/aromatic N) is 1. The van der Waals surface area contributed by atoms with Gasteiger partial charge in [0.2, 0.25) is 0 Å². The van der Waals surface area contributed by atoms with Crippen molar-refractivity contribution in [3.63, 3.8) is 0 Å². The molecule has 2 heterocycles. The van der Waals surface area contributed by atoms with Crippen LogP contribution >= 0.6 is 11.6 Å². The lowest BCUT2D eigenvalue weighted by atomic mass is 10.1. The van der Waals surface area contributed by atoms with Crippen LogP contribution in [-0.2, 0) is 33.9 Å². The van der Waals surface area contributed by atoms with Gasteiger partial charge in [0.15, 0.2) is 6.79 Å². The van der Waals surface area contributed by atoms with Gasteiger partial charge in [-0.1, -0.05) is 35.9 Å². The zero-order chi connectivity index (χ0) is 18.6. The minimum absolute atomic E-state index is 0.118. The van der Waals surface area contributed by atoms with Crippen molar-refractivity contribution >= 4 is 28.5 Å². The fourth-order valence-corrected chi connectivity index (χ4v) is 3.34. The molecule has 27 heavy (non-hydrogen) atoms. The summed E-state index contributed by atoms with van der Waals surface area (Å²) >= 11 is 6.13. The van der Waals surface area contributed by atoms with Crippen molar-refractivity contribution in [2.24, 2.45) is 0 Å². The zero-order valence-electron chi connectivity index (χ0n) is 14.6. The molecule has 0 amide bonds. The molecule has 0 atom stereocenters. The van der Waals surface area contributed by atoms with E-state index in [4.69, 9.17) is 25.8 Å². The van der Waals surface area contributed by atoms with E-state index in [0.717, 1.165) is 27.7 Å². The minimum Gasteiger partial charge on any atom is -0.467 e. The first-order valence-electron chi connectivity index (χ1n) is 8.71. The molecule has 0 fully saturated rings. The van der Waals surface area contributed by atoms with E-state index in [-0.39, 0.29) is 25.8 Å². The maximum atomic E-state index is 12.2. The molecule has 0 radical (unpaired) electrons. The second-order valence-corrected chi connectivity index (χ2v) is 6.76. The van der Waals surface area contributed by atoms with Gasteiger partial charge in [-0.3, -0.25) is 9.78 Å². The van der Waals surface area contributed by atoms with Crippen LogP contribution in [0.2, 0.25) is 5.02 Å². The largest absolute Gasteiger partial charge is 0.467 e. The maximum Gasteiger partial charge on any atom is 0.306 e. The highest BCUT2D eigenvalue weighted by atomic mass is 35.5. The Bertz CT molecular complexity index is 989. The van der Waals surface area contributed by atoms with Crippen molar-refractivity contribution in [2.75, 3.05) is 6.79 Å². The summed E-state index contributed by atoms with van der Waals surface area (Å²) in [6.45, 7) is 0.737. The molecular weight excluding hydrogens is 366 g/mol. The highest BCUT2D eigenvalue weighted by Crippen LogP contribution is 2.32. The third-order valence-corrected chi connectivity index (χ3v) is 4.60. The number of rotatable bonds is 5. The van der Waals surface area contributed by atoms with Crippen LogP contribution in [-0.4, -0.2) is 17.7 Å². The highest BCUT2D eigenvalue weighted by Gasteiger charge is 2.17. The minimum atomic E-state index is -0.286. The van der Waals surface area contributed by atoms with E-state index in [1.165, 1.54) is 0 Å². The number of esters is 1. The first-order valence-corrected chi connectivity index (χ1v) is 9.09. The average molecular weight is 384 g/mol. The van der Waals surface area contributed by atoms with Crippen LogP contribution in [0.5, 0.6) is 5.75 Å². The number of ether oxygens (including phenoxy) is 3. The van der Waals surface area contributed by atoms with Crippen LogP contribution in [0.3, 0.4) is 0 Å². The Hall–Kier alpha value is -2.63. The van der Waals surface area contributed by atoms with Crippen LogP contribution in [0.25, 0.3) is 10.9 Å². The number of fused-ring (bicyclic) bond motifs is 2. The number of pyridine rings is 1. The van der Waals surface area contributed by atoms with Crippen LogP contribution in [0, 0.1) is 0 Å². The van der Waals surface area contributed by atoms with Crippen molar-refractivity contribution in [1.82, 2.24) is 4.98 Å². The molecule has 3 aromatic rings. The molecule has 0 spiro atoms. The fraction of sp³-hybridized carbons (Fsp3) is 0.238. The second-order valence-electron chi connectivity index (χ2n) is 6.32. The number of hydrogen-bond acceptors (Lipinski definition) is 5. The van der Waals surface area contributed by atoms with Crippen molar-refractivity contribution in [2.45, 2.75) is 26.1 Å². The number of carbonyl (C=O) groups is 1. The van der Waals surface area contributed by atoms with E-state index in [1.807, 2.05) is 36.4 Å². The van der Waals surface area contributed by atoms with E-state index in [1.54, 1.807) is 12.1 Å². The molecule has 2 aromatic carbocycles. The lowest BCUT2D eigenvalue weighted by molar-refractivity contribution is -0.145. The van der Waals surface area contributed by atoms with Gasteiger partial charge in [0.05, 0.1) is 18.5 Å². The fourth-order valence-electron chi connectivity index (χ4n) is 3.07. The van der Waals surface area contributed by atoms with E-state index >= 15 is 0 Å². The lowest BCUT2D eigenvalue weighted by Gasteiger charge is -2.21. The summed E-state index contributed by atoms with van der Waals surface area (Å²) < 4.78 is 16.2. The third-order valence-electron chi connectivity index (χ3n) is 4.38. The molecule has 0 bridgehead atoms. The Balaban J connectivity index is 1.36. The van der Waals surface area contributed by atoms with Crippen LogP contribution in [0.4, 0.5) is 0 Å². The Labute approximate surface area is 161 Å². The van der Waals surface area contributed by atoms with E-state index in [2.05, 4.69) is 4.98 Å². The predicted octanol–water partition coefficient (Wildman–Crippen LogP) is 4.43. The summed E-state index contributed by atoms with van der Waals surface area (Å²) in [5.74, 6) is 0.403. The molecule has 0 saturated carbocycles. The number of aryl methyl sites for hydroxylation is 1. The van der Waals surface area contributed by atoms with Gasteiger partial charge in [0.1, 0.15) is 12.4 Å². The van der Waals surface area contributed by atoms with Gasteiger partial charge in [-0.05, 0) is 24.3 Å². The van der Waals surface area contributed by atoms with Gasteiger partial charge >= 0.3 is 5.97 Å². The molecule has 1 aliphatic heterocycles. The standard InChI is InChI=1S/C21H18ClNO4/c22-17-9-15-11-25-13-27-21(15)16(10-17)12-26-20(24)8-7-18-6-5-14-3-1-2-4-19(14)23-18/h1-6,9-10H,7-8,11-13H2. The number of benzene rings is 2. The average Bonchev–Trinajstić information content (AvgIpc) is 2.70. The zero-order valence-corrected chi connectivity index (χ0v) is 15.4. The van der Waals surface area contributed by atoms with Gasteiger partial charge < -0.3 is 14.2 Å². The van der Waals surface area contributed by atoms with Crippen molar-refractivity contribution in [3.8, 4) is 5.75 Å². The van der Waals surface area contributed by atoms with E-state index in [9.17, 15) is 4.79 Å². The van der Waals surface area contributed by atoms with Crippen molar-refractivity contribution in [1.29, 1.82) is 0 Å².